The zero-order valence-electron chi connectivity index (χ0n) is 20.4. The second-order valence-corrected chi connectivity index (χ2v) is 11.5. The molecule has 2 aliphatic heterocycles. The van der Waals surface area contributed by atoms with Gasteiger partial charge in [-0.05, 0) is 63.7 Å². The van der Waals surface area contributed by atoms with Crippen molar-refractivity contribution in [2.24, 2.45) is 5.92 Å². The largest absolute Gasteiger partial charge is 0.355 e. The van der Waals surface area contributed by atoms with E-state index in [0.29, 0.717) is 18.7 Å². The zero-order chi connectivity index (χ0) is 24.3. The molecule has 1 amide bonds. The Labute approximate surface area is 202 Å². The zero-order valence-corrected chi connectivity index (χ0v) is 21.2. The summed E-state index contributed by atoms with van der Waals surface area (Å²) < 4.78 is 34.3. The van der Waals surface area contributed by atoms with Gasteiger partial charge in [0.1, 0.15) is 5.69 Å². The van der Waals surface area contributed by atoms with E-state index in [1.165, 1.54) is 4.31 Å². The third-order valence-electron chi connectivity index (χ3n) is 6.93. The van der Waals surface area contributed by atoms with E-state index in [1.54, 1.807) is 13.0 Å². The van der Waals surface area contributed by atoms with E-state index in [2.05, 4.69) is 5.16 Å². The Hall–Kier alpha value is -2.45. The van der Waals surface area contributed by atoms with Gasteiger partial charge in [0, 0.05) is 26.2 Å². The summed E-state index contributed by atoms with van der Waals surface area (Å²) in [6.07, 6.45) is 9.29. The minimum absolute atomic E-state index is 0.0944. The number of carbonyl (C=O) groups excluding carboxylic acids is 1. The molecule has 2 aliphatic rings. The maximum atomic E-state index is 13.7. The minimum atomic E-state index is -3.85. The molecule has 1 aromatic heterocycles. The number of aromatic nitrogens is 1. The van der Waals surface area contributed by atoms with Gasteiger partial charge in [0.25, 0.3) is 0 Å². The first kappa shape index (κ1) is 24.7. The molecular weight excluding hydrogens is 450 g/mol. The van der Waals surface area contributed by atoms with Crippen molar-refractivity contribution in [2.75, 3.05) is 26.2 Å². The molecule has 3 heterocycles. The summed E-state index contributed by atoms with van der Waals surface area (Å²) in [5, 5.41) is 3.96. The summed E-state index contributed by atoms with van der Waals surface area (Å²) >= 11 is 0. The van der Waals surface area contributed by atoms with Crippen molar-refractivity contribution in [2.45, 2.75) is 64.2 Å². The number of benzene rings is 1. The summed E-state index contributed by atoms with van der Waals surface area (Å²) in [5.41, 5.74) is 3.55. The van der Waals surface area contributed by atoms with Crippen molar-refractivity contribution in [1.82, 2.24) is 14.4 Å². The molecule has 34 heavy (non-hydrogen) atoms. The van der Waals surface area contributed by atoms with Crippen molar-refractivity contribution < 1.29 is 17.7 Å². The Bertz CT molecular complexity index is 1160. The van der Waals surface area contributed by atoms with Crippen LogP contribution < -0.4 is 0 Å². The molecule has 1 aromatic carbocycles. The van der Waals surface area contributed by atoms with Crippen LogP contribution in [-0.2, 0) is 14.8 Å². The highest BCUT2D eigenvalue weighted by atomic mass is 32.2. The van der Waals surface area contributed by atoms with Crippen molar-refractivity contribution >= 4 is 28.1 Å². The summed E-state index contributed by atoms with van der Waals surface area (Å²) in [5.74, 6) is 0.0222. The lowest BCUT2D eigenvalue weighted by Gasteiger charge is -2.34. The predicted octanol–water partition coefficient (Wildman–Crippen LogP) is 4.57. The number of nitrogens with zero attached hydrogens (tertiary/aromatic N) is 3. The highest BCUT2D eigenvalue weighted by Gasteiger charge is 2.38. The van der Waals surface area contributed by atoms with Crippen LogP contribution in [0.1, 0.15) is 66.7 Å². The van der Waals surface area contributed by atoms with Gasteiger partial charge >= 0.3 is 0 Å². The van der Waals surface area contributed by atoms with E-state index in [9.17, 15) is 13.2 Å². The van der Waals surface area contributed by atoms with Crippen LogP contribution in [0.3, 0.4) is 0 Å². The van der Waals surface area contributed by atoms with Gasteiger partial charge in [0.05, 0.1) is 5.92 Å². The predicted molar refractivity (Wildman–Crippen MR) is 133 cm³/mol. The molecule has 8 heteroatoms. The van der Waals surface area contributed by atoms with Crippen molar-refractivity contribution in [3.63, 3.8) is 0 Å². The molecule has 184 valence electrons. The third-order valence-corrected chi connectivity index (χ3v) is 8.96. The second-order valence-electron chi connectivity index (χ2n) is 9.60. The normalized spacial score (nSPS) is 20.6. The monoisotopic (exact) mass is 485 g/mol. The lowest BCUT2D eigenvalue weighted by molar-refractivity contribution is -0.136. The van der Waals surface area contributed by atoms with E-state index < -0.39 is 10.0 Å². The maximum Gasteiger partial charge on any atom is 0.248 e. The lowest BCUT2D eigenvalue weighted by atomic mass is 9.98. The first-order chi connectivity index (χ1) is 16.3. The molecule has 2 fully saturated rings. The summed E-state index contributed by atoms with van der Waals surface area (Å²) in [6, 6.07) is 6.13. The van der Waals surface area contributed by atoms with Crippen LogP contribution in [-0.4, -0.2) is 54.9 Å². The van der Waals surface area contributed by atoms with E-state index in [0.717, 1.165) is 61.9 Å². The molecule has 0 N–H and O–H groups in total. The third kappa shape index (κ3) is 5.28. The molecule has 2 saturated heterocycles. The Kier molecular flexibility index (Phi) is 7.57. The molecule has 0 saturated carbocycles. The quantitative estimate of drug-likeness (QED) is 0.619. The number of hydrogen-bond acceptors (Lipinski definition) is 5. The maximum absolute atomic E-state index is 13.7. The molecule has 1 unspecified atom stereocenters. The number of rotatable bonds is 5. The van der Waals surface area contributed by atoms with Gasteiger partial charge < -0.3 is 9.42 Å². The van der Waals surface area contributed by atoms with Gasteiger partial charge in [0.15, 0.2) is 10.7 Å². The van der Waals surface area contributed by atoms with Crippen LogP contribution in [0.5, 0.6) is 0 Å². The Morgan fingerprint density at radius 1 is 1.03 bits per heavy atom. The first-order valence-electron chi connectivity index (χ1n) is 12.3. The van der Waals surface area contributed by atoms with Crippen LogP contribution in [0, 0.1) is 26.7 Å². The molecule has 2 aromatic rings. The van der Waals surface area contributed by atoms with E-state index in [4.69, 9.17) is 4.52 Å². The summed E-state index contributed by atoms with van der Waals surface area (Å²) in [7, 11) is -3.85. The Morgan fingerprint density at radius 3 is 2.50 bits per heavy atom. The van der Waals surface area contributed by atoms with Gasteiger partial charge in [-0.3, -0.25) is 4.79 Å². The standard InChI is InChI=1S/C26H35N3O4S/c1-19-10-11-20(2)22(17-19)12-13-24-25(21(3)27-33-24)34(31,32)29-16-8-9-23(18-29)26(30)28-14-6-4-5-7-15-28/h10-13,17,23H,4-9,14-16,18H2,1-3H3. The van der Waals surface area contributed by atoms with Crippen molar-refractivity contribution in [1.29, 1.82) is 0 Å². The topological polar surface area (TPSA) is 83.7 Å². The van der Waals surface area contributed by atoms with E-state index in [1.807, 2.05) is 43.0 Å². The number of amides is 1. The number of carbonyl (C=O) groups is 1. The smallest absolute Gasteiger partial charge is 0.248 e. The Morgan fingerprint density at radius 2 is 1.76 bits per heavy atom. The molecule has 7 nitrogen and oxygen atoms in total. The van der Waals surface area contributed by atoms with Crippen molar-refractivity contribution in [3.05, 3.63) is 46.3 Å². The summed E-state index contributed by atoms with van der Waals surface area (Å²) in [4.78, 5) is 15.2. The number of piperidine rings is 1. The van der Waals surface area contributed by atoms with Gasteiger partial charge in [-0.2, -0.15) is 4.31 Å². The van der Waals surface area contributed by atoms with Crippen LogP contribution in [0.15, 0.2) is 27.6 Å². The van der Waals surface area contributed by atoms with Crippen LogP contribution in [0.25, 0.3) is 12.2 Å². The van der Waals surface area contributed by atoms with Gasteiger partial charge in [-0.25, -0.2) is 8.42 Å². The first-order valence-corrected chi connectivity index (χ1v) is 13.7. The fraction of sp³-hybridized carbons (Fsp3) is 0.538. The molecule has 0 spiro atoms. The molecule has 1 atom stereocenters. The minimum Gasteiger partial charge on any atom is -0.355 e. The highest BCUT2D eigenvalue weighted by molar-refractivity contribution is 7.89. The number of hydrogen-bond donors (Lipinski definition) is 0. The van der Waals surface area contributed by atoms with Gasteiger partial charge in [0.2, 0.25) is 15.9 Å². The molecule has 4 rings (SSSR count). The van der Waals surface area contributed by atoms with Gasteiger partial charge in [-0.1, -0.05) is 47.8 Å². The number of aryl methyl sites for hydroxylation is 3. The average Bonchev–Trinajstić information content (AvgIpc) is 3.02. The SMILES string of the molecule is Cc1ccc(C)c(C=Cc2onc(C)c2S(=O)(=O)N2CCCC(C(=O)N3CCCCCC3)C2)c1. The van der Waals surface area contributed by atoms with E-state index >= 15 is 0 Å². The number of likely N-dealkylation sites (tertiary alicyclic amines) is 1. The average molecular weight is 486 g/mol. The van der Waals surface area contributed by atoms with Crippen molar-refractivity contribution in [3.8, 4) is 0 Å². The van der Waals surface area contributed by atoms with Crippen LogP contribution in [0.4, 0.5) is 0 Å². The second kappa shape index (κ2) is 10.4. The highest BCUT2D eigenvalue weighted by Crippen LogP contribution is 2.30. The Balaban J connectivity index is 1.56. The van der Waals surface area contributed by atoms with Crippen LogP contribution in [0.2, 0.25) is 0 Å². The molecule has 0 aliphatic carbocycles. The molecular formula is C26H35N3O4S. The van der Waals surface area contributed by atoms with Gasteiger partial charge in [-0.15, -0.1) is 0 Å². The van der Waals surface area contributed by atoms with Crippen LogP contribution >= 0.6 is 0 Å². The van der Waals surface area contributed by atoms with E-state index in [-0.39, 0.29) is 29.0 Å². The summed E-state index contributed by atoms with van der Waals surface area (Å²) in [6.45, 7) is 7.84. The molecule has 0 bridgehead atoms. The fourth-order valence-corrected chi connectivity index (χ4v) is 6.72. The lowest BCUT2D eigenvalue weighted by Crippen LogP contribution is -2.47. The fourth-order valence-electron chi connectivity index (χ4n) is 4.94. The number of sulfonamides is 1. The molecule has 0 radical (unpaired) electrons.